The Balaban J connectivity index is 2.02. The van der Waals surface area contributed by atoms with Gasteiger partial charge in [0.25, 0.3) is 0 Å². The molecule has 3 N–H and O–H groups in total. The first kappa shape index (κ1) is 23.9. The molecule has 0 spiro atoms. The Morgan fingerprint density at radius 2 is 1.77 bits per heavy atom. The summed E-state index contributed by atoms with van der Waals surface area (Å²) in [6.07, 6.45) is -0.0325. The Hall–Kier alpha value is -2.35. The van der Waals surface area contributed by atoms with Crippen LogP contribution in [-0.4, -0.2) is 49.5 Å². The van der Waals surface area contributed by atoms with Gasteiger partial charge in [0.1, 0.15) is 11.6 Å². The van der Waals surface area contributed by atoms with Crippen LogP contribution in [0, 0.1) is 11.6 Å². The van der Waals surface area contributed by atoms with Crippen LogP contribution in [-0.2, 0) is 22.4 Å². The van der Waals surface area contributed by atoms with E-state index >= 15 is 0 Å². The summed E-state index contributed by atoms with van der Waals surface area (Å²) in [7, 11) is 1.59. The van der Waals surface area contributed by atoms with E-state index in [1.54, 1.807) is 7.11 Å². The normalized spacial score (nSPS) is 14.2. The number of ether oxygens (including phenoxy) is 1. The summed E-state index contributed by atoms with van der Waals surface area (Å²) in [6.45, 7) is 2.58. The standard InChI is InChI=1S/C23H30F2N2O3/c1-16(15-30-2)26-14-22(28)21(12-18-10-19(24)13-20(25)11-18)27-23(29)9-8-17-6-4-3-5-7-17/h3-7,10-11,13,16,21-22,26,28H,8-9,12,14-15H2,1-2H3,(H,27,29)/t16?,21-,22-/m0/s1. The van der Waals surface area contributed by atoms with Crippen LogP contribution in [0.5, 0.6) is 0 Å². The van der Waals surface area contributed by atoms with Crippen molar-refractivity contribution in [1.82, 2.24) is 10.6 Å². The van der Waals surface area contributed by atoms with Crippen LogP contribution in [0.25, 0.3) is 0 Å². The number of carbonyl (C=O) groups excluding carboxylic acids is 1. The van der Waals surface area contributed by atoms with Crippen molar-refractivity contribution in [2.45, 2.75) is 44.4 Å². The number of hydrogen-bond acceptors (Lipinski definition) is 4. The summed E-state index contributed by atoms with van der Waals surface area (Å²) in [5.74, 6) is -1.62. The molecule has 2 rings (SSSR count). The third-order valence-electron chi connectivity index (χ3n) is 4.76. The largest absolute Gasteiger partial charge is 0.390 e. The van der Waals surface area contributed by atoms with Crippen molar-refractivity contribution in [3.63, 3.8) is 0 Å². The van der Waals surface area contributed by atoms with E-state index in [1.165, 1.54) is 12.1 Å². The minimum Gasteiger partial charge on any atom is -0.390 e. The second-order valence-corrected chi connectivity index (χ2v) is 7.47. The second kappa shape index (κ2) is 12.4. The van der Waals surface area contributed by atoms with Gasteiger partial charge in [-0.05, 0) is 43.0 Å². The van der Waals surface area contributed by atoms with Crippen molar-refractivity contribution in [2.75, 3.05) is 20.3 Å². The lowest BCUT2D eigenvalue weighted by atomic mass is 10.00. The summed E-state index contributed by atoms with van der Waals surface area (Å²) < 4.78 is 32.2. The Kier molecular flexibility index (Phi) is 9.86. The average Bonchev–Trinajstić information content (AvgIpc) is 2.70. The highest BCUT2D eigenvalue weighted by molar-refractivity contribution is 5.76. The van der Waals surface area contributed by atoms with Crippen molar-refractivity contribution >= 4 is 5.91 Å². The molecule has 0 fully saturated rings. The molecular formula is C23H30F2N2O3. The van der Waals surface area contributed by atoms with E-state index < -0.39 is 23.8 Å². The number of amides is 1. The Morgan fingerprint density at radius 3 is 2.40 bits per heavy atom. The van der Waals surface area contributed by atoms with Crippen molar-refractivity contribution in [2.24, 2.45) is 0 Å². The van der Waals surface area contributed by atoms with Gasteiger partial charge >= 0.3 is 0 Å². The molecule has 164 valence electrons. The molecule has 0 radical (unpaired) electrons. The first-order chi connectivity index (χ1) is 14.4. The van der Waals surface area contributed by atoms with Gasteiger partial charge in [-0.25, -0.2) is 8.78 Å². The summed E-state index contributed by atoms with van der Waals surface area (Å²) in [4.78, 5) is 12.5. The van der Waals surface area contributed by atoms with Crippen LogP contribution in [0.1, 0.15) is 24.5 Å². The Morgan fingerprint density at radius 1 is 1.10 bits per heavy atom. The SMILES string of the molecule is COCC(C)NC[C@H](O)[C@H](Cc1cc(F)cc(F)c1)NC(=O)CCc1ccccc1. The number of aliphatic hydroxyl groups is 1. The lowest BCUT2D eigenvalue weighted by molar-refractivity contribution is -0.122. The van der Waals surface area contributed by atoms with Crippen LogP contribution in [0.3, 0.4) is 0 Å². The quantitative estimate of drug-likeness (QED) is 0.494. The number of rotatable bonds is 12. The van der Waals surface area contributed by atoms with E-state index in [0.29, 0.717) is 18.6 Å². The Labute approximate surface area is 176 Å². The molecule has 0 aromatic heterocycles. The monoisotopic (exact) mass is 420 g/mol. The van der Waals surface area contributed by atoms with Crippen LogP contribution in [0.2, 0.25) is 0 Å². The van der Waals surface area contributed by atoms with Crippen LogP contribution in [0.15, 0.2) is 48.5 Å². The third kappa shape index (κ3) is 8.57. The van der Waals surface area contributed by atoms with Gasteiger partial charge in [-0.2, -0.15) is 0 Å². The number of nitrogens with one attached hydrogen (secondary N) is 2. The van der Waals surface area contributed by atoms with E-state index in [1.807, 2.05) is 37.3 Å². The Bertz CT molecular complexity index is 769. The summed E-state index contributed by atoms with van der Waals surface area (Å²) >= 11 is 0. The van der Waals surface area contributed by atoms with Gasteiger partial charge in [0.15, 0.2) is 0 Å². The molecule has 3 atom stereocenters. The number of aryl methyl sites for hydroxylation is 1. The fourth-order valence-corrected chi connectivity index (χ4v) is 3.22. The van der Waals surface area contributed by atoms with E-state index in [-0.39, 0.29) is 31.3 Å². The highest BCUT2D eigenvalue weighted by Gasteiger charge is 2.23. The zero-order valence-corrected chi connectivity index (χ0v) is 17.4. The molecule has 2 aromatic carbocycles. The van der Waals surface area contributed by atoms with Gasteiger partial charge < -0.3 is 20.5 Å². The molecule has 1 amide bonds. The van der Waals surface area contributed by atoms with Gasteiger partial charge in [0.05, 0.1) is 18.8 Å². The lowest BCUT2D eigenvalue weighted by Crippen LogP contribution is -2.50. The van der Waals surface area contributed by atoms with E-state index in [9.17, 15) is 18.7 Å². The zero-order valence-electron chi connectivity index (χ0n) is 17.4. The molecule has 0 saturated heterocycles. The number of halogens is 2. The van der Waals surface area contributed by atoms with E-state index in [0.717, 1.165) is 11.6 Å². The summed E-state index contributed by atoms with van der Waals surface area (Å²) in [5.41, 5.74) is 1.40. The van der Waals surface area contributed by atoms with Gasteiger partial charge in [0.2, 0.25) is 5.91 Å². The van der Waals surface area contributed by atoms with E-state index in [4.69, 9.17) is 4.74 Å². The third-order valence-corrected chi connectivity index (χ3v) is 4.76. The first-order valence-corrected chi connectivity index (χ1v) is 10.1. The maximum atomic E-state index is 13.6. The maximum absolute atomic E-state index is 13.6. The molecule has 0 saturated carbocycles. The molecular weight excluding hydrogens is 390 g/mol. The van der Waals surface area contributed by atoms with Crippen LogP contribution >= 0.6 is 0 Å². The predicted octanol–water partition coefficient (Wildman–Crippen LogP) is 2.61. The lowest BCUT2D eigenvalue weighted by Gasteiger charge is -2.26. The molecule has 0 heterocycles. The van der Waals surface area contributed by atoms with Crippen LogP contribution < -0.4 is 10.6 Å². The average molecular weight is 421 g/mol. The molecule has 2 aromatic rings. The highest BCUT2D eigenvalue weighted by Crippen LogP contribution is 2.12. The number of hydrogen-bond donors (Lipinski definition) is 3. The molecule has 7 heteroatoms. The first-order valence-electron chi connectivity index (χ1n) is 10.1. The molecule has 1 unspecified atom stereocenters. The molecule has 5 nitrogen and oxygen atoms in total. The molecule has 0 bridgehead atoms. The topological polar surface area (TPSA) is 70.6 Å². The zero-order chi connectivity index (χ0) is 21.9. The number of carbonyl (C=O) groups is 1. The summed E-state index contributed by atoms with van der Waals surface area (Å²) in [5, 5.41) is 16.6. The smallest absolute Gasteiger partial charge is 0.220 e. The minimum atomic E-state index is -0.948. The van der Waals surface area contributed by atoms with Crippen molar-refractivity contribution < 1.29 is 23.4 Å². The molecule has 0 aliphatic carbocycles. The molecule has 30 heavy (non-hydrogen) atoms. The molecule has 0 aliphatic rings. The van der Waals surface area contributed by atoms with Gasteiger partial charge in [-0.1, -0.05) is 30.3 Å². The molecule has 0 aliphatic heterocycles. The maximum Gasteiger partial charge on any atom is 0.220 e. The fourth-order valence-electron chi connectivity index (χ4n) is 3.22. The van der Waals surface area contributed by atoms with Crippen molar-refractivity contribution in [3.8, 4) is 0 Å². The number of methoxy groups -OCH3 is 1. The highest BCUT2D eigenvalue weighted by atomic mass is 19.1. The van der Waals surface area contributed by atoms with Crippen molar-refractivity contribution in [3.05, 3.63) is 71.3 Å². The van der Waals surface area contributed by atoms with Crippen LogP contribution in [0.4, 0.5) is 8.78 Å². The second-order valence-electron chi connectivity index (χ2n) is 7.47. The summed E-state index contributed by atoms with van der Waals surface area (Å²) in [6, 6.07) is 12.1. The minimum absolute atomic E-state index is 0.00527. The van der Waals surface area contributed by atoms with Gasteiger partial charge in [-0.15, -0.1) is 0 Å². The number of benzene rings is 2. The van der Waals surface area contributed by atoms with E-state index in [2.05, 4.69) is 10.6 Å². The van der Waals surface area contributed by atoms with Gasteiger partial charge in [-0.3, -0.25) is 4.79 Å². The predicted molar refractivity (Wildman–Crippen MR) is 112 cm³/mol. The fraction of sp³-hybridized carbons (Fsp3) is 0.435. The van der Waals surface area contributed by atoms with Crippen molar-refractivity contribution in [1.29, 1.82) is 0 Å². The number of aliphatic hydroxyl groups excluding tert-OH is 1. The van der Waals surface area contributed by atoms with Gasteiger partial charge in [0, 0.05) is 32.2 Å².